The molecule has 5 nitrogen and oxygen atoms in total. The average molecular weight is 393 g/mol. The molecule has 1 aromatic heterocycles. The van der Waals surface area contributed by atoms with E-state index < -0.39 is 0 Å². The second kappa shape index (κ2) is 17.6. The highest BCUT2D eigenvalue weighted by Crippen LogP contribution is 2.16. The van der Waals surface area contributed by atoms with Gasteiger partial charge in [-0.3, -0.25) is 0 Å². The molecule has 0 atom stereocenters. The van der Waals surface area contributed by atoms with Crippen LogP contribution in [0, 0.1) is 0 Å². The molecule has 1 aromatic rings. The Morgan fingerprint density at radius 1 is 0.750 bits per heavy atom. The summed E-state index contributed by atoms with van der Waals surface area (Å²) in [5.74, 6) is 1.54. The summed E-state index contributed by atoms with van der Waals surface area (Å²) < 4.78 is 5.39. The van der Waals surface area contributed by atoms with Gasteiger partial charge in [0.1, 0.15) is 5.82 Å². The molecule has 1 heterocycles. The van der Waals surface area contributed by atoms with Crippen LogP contribution in [0.4, 0.5) is 11.8 Å². The zero-order valence-electron chi connectivity index (χ0n) is 18.5. The highest BCUT2D eigenvalue weighted by molar-refractivity contribution is 5.42. The van der Waals surface area contributed by atoms with E-state index in [2.05, 4.69) is 22.2 Å². The Bertz CT molecular complexity index is 482. The maximum Gasteiger partial charge on any atom is 0.225 e. The molecule has 0 aromatic carbocycles. The monoisotopic (exact) mass is 392 g/mol. The second-order valence-electron chi connectivity index (χ2n) is 7.76. The molecule has 0 unspecified atom stereocenters. The lowest BCUT2D eigenvalue weighted by molar-refractivity contribution is 0.327. The van der Waals surface area contributed by atoms with E-state index in [-0.39, 0.29) is 5.95 Å². The van der Waals surface area contributed by atoms with Gasteiger partial charge in [-0.05, 0) is 13.3 Å². The summed E-state index contributed by atoms with van der Waals surface area (Å²) in [6.07, 6.45) is 20.8. The normalized spacial score (nSPS) is 10.9. The zero-order chi connectivity index (χ0) is 20.3. The topological polar surface area (TPSA) is 73.1 Å². The minimum Gasteiger partial charge on any atom is -0.478 e. The maximum absolute atomic E-state index is 5.71. The highest BCUT2D eigenvalue weighted by Gasteiger charge is 2.02. The van der Waals surface area contributed by atoms with E-state index in [4.69, 9.17) is 10.5 Å². The van der Waals surface area contributed by atoms with E-state index in [1.165, 1.54) is 89.9 Å². The van der Waals surface area contributed by atoms with Gasteiger partial charge < -0.3 is 15.8 Å². The Balaban J connectivity index is 1.87. The van der Waals surface area contributed by atoms with Gasteiger partial charge in [0, 0.05) is 12.6 Å². The van der Waals surface area contributed by atoms with Crippen molar-refractivity contribution in [3.63, 3.8) is 0 Å². The lowest BCUT2D eigenvalue weighted by Gasteiger charge is -2.08. The lowest BCUT2D eigenvalue weighted by atomic mass is 10.0. The molecular formula is C23H44N4O. The van der Waals surface area contributed by atoms with E-state index in [1.54, 1.807) is 0 Å². The van der Waals surface area contributed by atoms with Gasteiger partial charge in [-0.1, -0.05) is 96.8 Å². The number of anilines is 2. The number of nitrogens with two attached hydrogens (primary N) is 1. The summed E-state index contributed by atoms with van der Waals surface area (Å²) in [5.41, 5.74) is 5.71. The number of nitrogens with zero attached hydrogens (tertiary/aromatic N) is 2. The van der Waals surface area contributed by atoms with Crippen LogP contribution in [-0.2, 0) is 0 Å². The fraction of sp³-hybridized carbons (Fsp3) is 0.826. The first-order valence-electron chi connectivity index (χ1n) is 11.8. The van der Waals surface area contributed by atoms with Crippen molar-refractivity contribution in [3.05, 3.63) is 6.07 Å². The number of rotatable bonds is 19. The number of hydrogen-bond donors (Lipinski definition) is 2. The predicted molar refractivity (Wildman–Crippen MR) is 121 cm³/mol. The summed E-state index contributed by atoms with van der Waals surface area (Å²) >= 11 is 0. The number of hydrogen-bond acceptors (Lipinski definition) is 5. The number of ether oxygens (including phenoxy) is 1. The van der Waals surface area contributed by atoms with Gasteiger partial charge in [0.2, 0.25) is 11.8 Å². The maximum atomic E-state index is 5.71. The average Bonchev–Trinajstić information content (AvgIpc) is 2.67. The van der Waals surface area contributed by atoms with Crippen molar-refractivity contribution < 1.29 is 4.74 Å². The summed E-state index contributed by atoms with van der Waals surface area (Å²) in [5, 5.41) is 3.32. The van der Waals surface area contributed by atoms with E-state index >= 15 is 0 Å². The number of nitrogens with one attached hydrogen (secondary N) is 1. The Morgan fingerprint density at radius 2 is 1.25 bits per heavy atom. The Hall–Kier alpha value is -1.52. The van der Waals surface area contributed by atoms with Crippen LogP contribution < -0.4 is 15.8 Å². The van der Waals surface area contributed by atoms with E-state index in [1.807, 2.05) is 13.0 Å². The molecule has 0 radical (unpaired) electrons. The lowest BCUT2D eigenvalue weighted by Crippen LogP contribution is -2.07. The van der Waals surface area contributed by atoms with Crippen LogP contribution in [0.15, 0.2) is 6.07 Å². The first-order chi connectivity index (χ1) is 13.8. The van der Waals surface area contributed by atoms with Gasteiger partial charge in [0.15, 0.2) is 0 Å². The van der Waals surface area contributed by atoms with Crippen LogP contribution in [0.5, 0.6) is 5.88 Å². The third-order valence-corrected chi connectivity index (χ3v) is 5.10. The van der Waals surface area contributed by atoms with Gasteiger partial charge in [0.05, 0.1) is 6.61 Å². The van der Waals surface area contributed by atoms with Gasteiger partial charge >= 0.3 is 0 Å². The summed E-state index contributed by atoms with van der Waals surface area (Å²) in [7, 11) is 0. The molecule has 0 fully saturated rings. The van der Waals surface area contributed by atoms with Crippen molar-refractivity contribution in [3.8, 4) is 5.88 Å². The third-order valence-electron chi connectivity index (χ3n) is 5.10. The van der Waals surface area contributed by atoms with E-state index in [0.717, 1.165) is 18.8 Å². The minimum absolute atomic E-state index is 0.255. The van der Waals surface area contributed by atoms with Crippen molar-refractivity contribution in [2.45, 2.75) is 110 Å². The van der Waals surface area contributed by atoms with Gasteiger partial charge in [-0.15, -0.1) is 0 Å². The highest BCUT2D eigenvalue weighted by atomic mass is 16.5. The number of aromatic nitrogens is 2. The van der Waals surface area contributed by atoms with Crippen LogP contribution in [-0.4, -0.2) is 23.1 Å². The van der Waals surface area contributed by atoms with Crippen molar-refractivity contribution >= 4 is 11.8 Å². The van der Waals surface area contributed by atoms with Crippen LogP contribution in [0.25, 0.3) is 0 Å². The Kier molecular flexibility index (Phi) is 15.4. The fourth-order valence-electron chi connectivity index (χ4n) is 3.47. The van der Waals surface area contributed by atoms with Crippen molar-refractivity contribution in [1.29, 1.82) is 0 Å². The molecular weight excluding hydrogens is 348 g/mol. The van der Waals surface area contributed by atoms with Crippen molar-refractivity contribution in [2.24, 2.45) is 0 Å². The molecule has 0 saturated carbocycles. The Labute approximate surface area is 173 Å². The standard InChI is InChI=1S/C23H44N4O/c1-3-5-6-7-8-9-10-11-12-13-14-15-16-17-18-19-25-21-20-22(28-4-2)27-23(24)26-21/h20H,3-19H2,1-2H3,(H3,24,25,26,27). The van der Waals surface area contributed by atoms with Gasteiger partial charge in [-0.25, -0.2) is 0 Å². The quantitative estimate of drug-likeness (QED) is 0.255. The van der Waals surface area contributed by atoms with Gasteiger partial charge in [0.25, 0.3) is 0 Å². The smallest absolute Gasteiger partial charge is 0.225 e. The largest absolute Gasteiger partial charge is 0.478 e. The third kappa shape index (κ3) is 13.6. The molecule has 1 rings (SSSR count). The molecule has 0 aliphatic carbocycles. The fourth-order valence-corrected chi connectivity index (χ4v) is 3.47. The minimum atomic E-state index is 0.255. The molecule has 28 heavy (non-hydrogen) atoms. The summed E-state index contributed by atoms with van der Waals surface area (Å²) in [6, 6.07) is 1.81. The zero-order valence-corrected chi connectivity index (χ0v) is 18.5. The van der Waals surface area contributed by atoms with Crippen LogP contribution in [0.3, 0.4) is 0 Å². The molecule has 0 saturated heterocycles. The second-order valence-corrected chi connectivity index (χ2v) is 7.76. The SMILES string of the molecule is CCCCCCCCCCCCCCCCCNc1cc(OCC)nc(N)n1. The predicted octanol–water partition coefficient (Wildman–Crippen LogP) is 6.74. The number of nitrogen functional groups attached to an aromatic ring is 1. The molecule has 0 aliphatic rings. The van der Waals surface area contributed by atoms with Crippen LogP contribution >= 0.6 is 0 Å². The van der Waals surface area contributed by atoms with Crippen molar-refractivity contribution in [2.75, 3.05) is 24.2 Å². The molecule has 0 amide bonds. The van der Waals surface area contributed by atoms with E-state index in [0.29, 0.717) is 12.5 Å². The molecule has 0 spiro atoms. The van der Waals surface area contributed by atoms with Crippen LogP contribution in [0.2, 0.25) is 0 Å². The summed E-state index contributed by atoms with van der Waals surface area (Å²) in [6.45, 7) is 5.71. The first kappa shape index (κ1) is 24.5. The number of unbranched alkanes of at least 4 members (excludes halogenated alkanes) is 14. The van der Waals surface area contributed by atoms with E-state index in [9.17, 15) is 0 Å². The first-order valence-corrected chi connectivity index (χ1v) is 11.8. The molecule has 0 aliphatic heterocycles. The molecule has 3 N–H and O–H groups in total. The van der Waals surface area contributed by atoms with Crippen LogP contribution in [0.1, 0.15) is 110 Å². The molecule has 0 bridgehead atoms. The molecule has 5 heteroatoms. The summed E-state index contributed by atoms with van der Waals surface area (Å²) in [4.78, 5) is 8.25. The van der Waals surface area contributed by atoms with Gasteiger partial charge in [-0.2, -0.15) is 9.97 Å². The molecule has 162 valence electrons. The Morgan fingerprint density at radius 3 is 1.75 bits per heavy atom. The van der Waals surface area contributed by atoms with Crippen molar-refractivity contribution in [1.82, 2.24) is 9.97 Å².